The van der Waals surface area contributed by atoms with Gasteiger partial charge in [0.05, 0.1) is 3.81 Å². The second-order valence-electron chi connectivity index (χ2n) is 1.88. The molecule has 0 saturated heterocycles. The zero-order valence-electron chi connectivity index (χ0n) is 5.19. The lowest BCUT2D eigenvalue weighted by Crippen LogP contribution is -2.16. The minimum Gasteiger partial charge on any atom is -0.355 e. The Morgan fingerprint density at radius 1 is 1.67 bits per heavy atom. The van der Waals surface area contributed by atoms with Crippen LogP contribution in [-0.4, -0.2) is 16.2 Å². The molecule has 0 fully saturated rings. The highest BCUT2D eigenvalue weighted by molar-refractivity contribution is 9.15. The molecule has 0 amide bonds. The first-order valence-electron chi connectivity index (χ1n) is 2.53. The van der Waals surface area contributed by atoms with Crippen LogP contribution in [0.3, 0.4) is 0 Å². The van der Waals surface area contributed by atoms with Crippen LogP contribution in [0.25, 0.3) is 0 Å². The van der Waals surface area contributed by atoms with Gasteiger partial charge >= 0.3 is 0 Å². The third kappa shape index (κ3) is 1.46. The molecule has 0 radical (unpaired) electrons. The van der Waals surface area contributed by atoms with E-state index in [0.717, 1.165) is 0 Å². The number of hydrogen-bond donors (Lipinski definition) is 0. The van der Waals surface area contributed by atoms with Crippen LogP contribution in [-0.2, 0) is 0 Å². The number of hydrogen-bond acceptors (Lipinski definition) is 2. The number of nitrogens with zero attached hydrogens (tertiary/aromatic N) is 1. The van der Waals surface area contributed by atoms with Gasteiger partial charge in [0.1, 0.15) is 4.28 Å². The Kier molecular flexibility index (Phi) is 2.51. The third-order valence-corrected chi connectivity index (χ3v) is 4.64. The number of halogens is 2. The summed E-state index contributed by atoms with van der Waals surface area (Å²) >= 11 is 8.73. The highest BCUT2D eigenvalue weighted by Gasteiger charge is 2.22. The van der Waals surface area contributed by atoms with Crippen LogP contribution in [0.1, 0.15) is 6.92 Å². The van der Waals surface area contributed by atoms with E-state index >= 15 is 0 Å². The lowest BCUT2D eigenvalue weighted by molar-refractivity contribution is 0.485. The van der Waals surface area contributed by atoms with Crippen molar-refractivity contribution < 1.29 is 0 Å². The summed E-state index contributed by atoms with van der Waals surface area (Å²) in [6.45, 7) is 2.10. The molecule has 0 aromatic heterocycles. The summed E-state index contributed by atoms with van der Waals surface area (Å²) in [5.74, 6) is 0. The highest BCUT2D eigenvalue weighted by Crippen LogP contribution is 2.42. The zero-order valence-corrected chi connectivity index (χ0v) is 9.18. The molecule has 1 atom stereocenters. The lowest BCUT2D eigenvalue weighted by Gasteiger charge is -2.15. The molecule has 1 unspecified atom stereocenters. The predicted octanol–water partition coefficient (Wildman–Crippen LogP) is 2.93. The minimum absolute atomic E-state index is 0.409. The Bertz CT molecular complexity index is 157. The van der Waals surface area contributed by atoms with Crippen molar-refractivity contribution in [1.82, 2.24) is 4.90 Å². The van der Waals surface area contributed by atoms with Crippen LogP contribution in [0, 0.1) is 0 Å². The van der Waals surface area contributed by atoms with E-state index in [0.29, 0.717) is 4.28 Å². The van der Waals surface area contributed by atoms with E-state index in [4.69, 9.17) is 0 Å². The van der Waals surface area contributed by atoms with E-state index in [1.54, 1.807) is 11.8 Å². The maximum atomic E-state index is 3.50. The molecule has 0 saturated carbocycles. The second-order valence-corrected chi connectivity index (χ2v) is 5.76. The van der Waals surface area contributed by atoms with Gasteiger partial charge < -0.3 is 4.90 Å². The molecule has 1 heterocycles. The average molecular weight is 273 g/mol. The Morgan fingerprint density at radius 3 is 2.33 bits per heavy atom. The van der Waals surface area contributed by atoms with Crippen LogP contribution in [0.5, 0.6) is 0 Å². The molecule has 52 valence electrons. The van der Waals surface area contributed by atoms with Gasteiger partial charge in [-0.25, -0.2) is 0 Å². The molecule has 4 heteroatoms. The van der Waals surface area contributed by atoms with Crippen LogP contribution in [0.2, 0.25) is 0 Å². The molecule has 1 rings (SSSR count). The molecule has 1 aliphatic rings. The van der Waals surface area contributed by atoms with Gasteiger partial charge in [-0.3, -0.25) is 0 Å². The molecule has 0 aliphatic carbocycles. The van der Waals surface area contributed by atoms with E-state index in [2.05, 4.69) is 50.7 Å². The van der Waals surface area contributed by atoms with Gasteiger partial charge in [0.15, 0.2) is 0 Å². The normalized spacial score (nSPS) is 28.0. The number of rotatable bonds is 0. The van der Waals surface area contributed by atoms with Gasteiger partial charge in [0, 0.05) is 12.7 Å². The topological polar surface area (TPSA) is 3.24 Å². The quantitative estimate of drug-likeness (QED) is 0.493. The van der Waals surface area contributed by atoms with Gasteiger partial charge in [-0.15, -0.1) is 0 Å². The van der Waals surface area contributed by atoms with Gasteiger partial charge in [-0.05, 0) is 22.9 Å². The molecule has 0 bridgehead atoms. The summed E-state index contributed by atoms with van der Waals surface area (Å²) in [6.07, 6.45) is 0. The fraction of sp³-hybridized carbons (Fsp3) is 0.600. The Morgan fingerprint density at radius 2 is 2.22 bits per heavy atom. The van der Waals surface area contributed by atoms with Gasteiger partial charge in [0.25, 0.3) is 0 Å². The van der Waals surface area contributed by atoms with E-state index in [1.165, 1.54) is 9.51 Å². The SMILES string of the molecule is CC1=C(Br)SC(Br)N1C. The number of allylic oxidation sites excluding steroid dienone is 1. The zero-order chi connectivity index (χ0) is 7.02. The van der Waals surface area contributed by atoms with E-state index < -0.39 is 0 Å². The van der Waals surface area contributed by atoms with Crippen molar-refractivity contribution >= 4 is 43.6 Å². The van der Waals surface area contributed by atoms with Crippen LogP contribution < -0.4 is 0 Å². The van der Waals surface area contributed by atoms with Crippen LogP contribution in [0.15, 0.2) is 9.51 Å². The molecule has 0 aromatic carbocycles. The Labute approximate surface area is 76.1 Å². The smallest absolute Gasteiger partial charge is 0.136 e. The Hall–Kier alpha value is 0.850. The van der Waals surface area contributed by atoms with Gasteiger partial charge in [0.2, 0.25) is 0 Å². The summed E-state index contributed by atoms with van der Waals surface area (Å²) < 4.78 is 1.64. The average Bonchev–Trinajstić information content (AvgIpc) is 1.98. The second kappa shape index (κ2) is 2.84. The Balaban J connectivity index is 2.74. The standard InChI is InChI=1S/C5H7Br2NS/c1-3-4(6)9-5(7)8(3)2/h5H,1-2H3. The molecular weight excluding hydrogens is 266 g/mol. The van der Waals surface area contributed by atoms with Gasteiger partial charge in [-0.2, -0.15) is 0 Å². The number of alkyl halides is 1. The number of thioether (sulfide) groups is 1. The van der Waals surface area contributed by atoms with Crippen molar-refractivity contribution in [3.63, 3.8) is 0 Å². The largest absolute Gasteiger partial charge is 0.355 e. The summed E-state index contributed by atoms with van der Waals surface area (Å²) in [5, 5.41) is 0. The summed E-state index contributed by atoms with van der Waals surface area (Å²) in [7, 11) is 2.07. The maximum absolute atomic E-state index is 3.50. The maximum Gasteiger partial charge on any atom is 0.136 e. The van der Waals surface area contributed by atoms with Crippen LogP contribution in [0.4, 0.5) is 0 Å². The molecule has 0 spiro atoms. The van der Waals surface area contributed by atoms with Gasteiger partial charge in [-0.1, -0.05) is 27.7 Å². The van der Waals surface area contributed by atoms with E-state index in [9.17, 15) is 0 Å². The molecule has 0 N–H and O–H groups in total. The van der Waals surface area contributed by atoms with Crippen molar-refractivity contribution in [3.8, 4) is 0 Å². The highest BCUT2D eigenvalue weighted by atomic mass is 79.9. The lowest BCUT2D eigenvalue weighted by atomic mass is 10.5. The molecule has 1 aliphatic heterocycles. The van der Waals surface area contributed by atoms with Crippen molar-refractivity contribution in [2.24, 2.45) is 0 Å². The molecule has 0 aromatic rings. The minimum atomic E-state index is 0.409. The first-order valence-corrected chi connectivity index (χ1v) is 5.11. The predicted molar refractivity (Wildman–Crippen MR) is 49.7 cm³/mol. The fourth-order valence-electron chi connectivity index (χ4n) is 0.541. The van der Waals surface area contributed by atoms with Crippen molar-refractivity contribution in [3.05, 3.63) is 9.51 Å². The van der Waals surface area contributed by atoms with E-state index in [-0.39, 0.29) is 0 Å². The van der Waals surface area contributed by atoms with Crippen molar-refractivity contribution in [1.29, 1.82) is 0 Å². The summed E-state index contributed by atoms with van der Waals surface area (Å²) in [5.41, 5.74) is 1.29. The fourth-order valence-corrected chi connectivity index (χ4v) is 3.77. The molecule has 9 heavy (non-hydrogen) atoms. The van der Waals surface area contributed by atoms with Crippen molar-refractivity contribution in [2.75, 3.05) is 7.05 Å². The summed E-state index contributed by atoms with van der Waals surface area (Å²) in [6, 6.07) is 0. The van der Waals surface area contributed by atoms with E-state index in [1.807, 2.05) is 0 Å². The third-order valence-electron chi connectivity index (χ3n) is 1.32. The van der Waals surface area contributed by atoms with Crippen molar-refractivity contribution in [2.45, 2.75) is 11.2 Å². The molecule has 1 nitrogen and oxygen atoms in total. The van der Waals surface area contributed by atoms with Crippen LogP contribution >= 0.6 is 43.6 Å². The first kappa shape index (κ1) is 7.95. The molecular formula is C5H7Br2NS. The summed E-state index contributed by atoms with van der Waals surface area (Å²) in [4.78, 5) is 2.18. The first-order chi connectivity index (χ1) is 4.13. The monoisotopic (exact) mass is 271 g/mol.